The molecule has 1 fully saturated rings. The third-order valence-electron chi connectivity index (χ3n) is 3.91. The minimum Gasteiger partial charge on any atom is -0.342 e. The van der Waals surface area contributed by atoms with Crippen molar-refractivity contribution in [2.75, 3.05) is 0 Å². The van der Waals surface area contributed by atoms with E-state index in [1.807, 2.05) is 40.0 Å². The summed E-state index contributed by atoms with van der Waals surface area (Å²) in [5, 5.41) is 5.64. The molecule has 0 bridgehead atoms. The van der Waals surface area contributed by atoms with Crippen molar-refractivity contribution in [2.45, 2.75) is 52.7 Å². The third kappa shape index (κ3) is 2.95. The summed E-state index contributed by atoms with van der Waals surface area (Å²) in [4.78, 5) is 31.3. The van der Waals surface area contributed by atoms with Gasteiger partial charge < -0.3 is 10.2 Å². The van der Waals surface area contributed by atoms with Crippen LogP contribution in [0, 0.1) is 11.8 Å². The van der Waals surface area contributed by atoms with Crippen LogP contribution in [0.4, 0.5) is 0 Å². The predicted octanol–water partition coefficient (Wildman–Crippen LogP) is 2.21. The van der Waals surface area contributed by atoms with Gasteiger partial charge >= 0.3 is 0 Å². The molecule has 6 heteroatoms. The van der Waals surface area contributed by atoms with E-state index in [2.05, 4.69) is 10.3 Å². The number of carbonyl (C=O) groups is 2. The van der Waals surface area contributed by atoms with Gasteiger partial charge in [-0.05, 0) is 18.8 Å². The molecule has 0 spiro atoms. The summed E-state index contributed by atoms with van der Waals surface area (Å²) >= 11 is 1.51. The first-order chi connectivity index (χ1) is 9.84. The van der Waals surface area contributed by atoms with Gasteiger partial charge in [-0.1, -0.05) is 27.7 Å². The summed E-state index contributed by atoms with van der Waals surface area (Å²) in [6.45, 7) is 9.78. The summed E-state index contributed by atoms with van der Waals surface area (Å²) in [5.41, 5.74) is 0. The fourth-order valence-corrected chi connectivity index (χ4v) is 3.49. The van der Waals surface area contributed by atoms with E-state index in [1.54, 1.807) is 11.1 Å². The van der Waals surface area contributed by atoms with Gasteiger partial charge in [-0.2, -0.15) is 0 Å². The second-order valence-corrected chi connectivity index (χ2v) is 7.14. The lowest BCUT2D eigenvalue weighted by atomic mass is 9.91. The summed E-state index contributed by atoms with van der Waals surface area (Å²) in [5.74, 6) is 0.0581. The van der Waals surface area contributed by atoms with E-state index in [1.165, 1.54) is 11.3 Å². The molecule has 1 aromatic rings. The van der Waals surface area contributed by atoms with Crippen LogP contribution < -0.4 is 5.32 Å². The quantitative estimate of drug-likeness (QED) is 0.927. The number of nitrogens with one attached hydrogen (secondary N) is 1. The van der Waals surface area contributed by atoms with Gasteiger partial charge in [0, 0.05) is 11.6 Å². The minimum atomic E-state index is -0.449. The molecule has 1 aromatic heterocycles. The molecule has 3 unspecified atom stereocenters. The first kappa shape index (κ1) is 15.9. The van der Waals surface area contributed by atoms with Crippen LogP contribution in [0.2, 0.25) is 0 Å². The fourth-order valence-electron chi connectivity index (χ4n) is 2.79. The standard InChI is InChI=1S/C15H23N3O2S/c1-8(2)11-15(20)18(10(5)14-16-6-7-21-14)12(9(3)4)13(19)17-11/h6-12H,1-5H3,(H,17,19). The molecule has 0 aliphatic carbocycles. The average Bonchev–Trinajstić information content (AvgIpc) is 2.92. The van der Waals surface area contributed by atoms with Crippen LogP contribution in [-0.4, -0.2) is 33.8 Å². The molecule has 0 saturated carbocycles. The minimum absolute atomic E-state index is 0.00833. The van der Waals surface area contributed by atoms with Crippen LogP contribution in [0.5, 0.6) is 0 Å². The van der Waals surface area contributed by atoms with Crippen LogP contribution in [0.15, 0.2) is 11.6 Å². The second-order valence-electron chi connectivity index (χ2n) is 6.21. The Morgan fingerprint density at radius 3 is 2.33 bits per heavy atom. The van der Waals surface area contributed by atoms with Crippen LogP contribution in [0.1, 0.15) is 45.7 Å². The molecule has 3 atom stereocenters. The lowest BCUT2D eigenvalue weighted by molar-refractivity contribution is -0.155. The Hall–Kier alpha value is -1.43. The Kier molecular flexibility index (Phi) is 4.66. The van der Waals surface area contributed by atoms with Crippen LogP contribution >= 0.6 is 11.3 Å². The number of amides is 2. The van der Waals surface area contributed by atoms with Gasteiger partial charge in [-0.15, -0.1) is 11.3 Å². The molecule has 5 nitrogen and oxygen atoms in total. The second kappa shape index (κ2) is 6.13. The first-order valence-corrected chi connectivity index (χ1v) is 8.24. The third-order valence-corrected chi connectivity index (χ3v) is 4.86. The van der Waals surface area contributed by atoms with Crippen molar-refractivity contribution >= 4 is 23.2 Å². The molecule has 0 radical (unpaired) electrons. The van der Waals surface area contributed by atoms with E-state index in [9.17, 15) is 9.59 Å². The zero-order valence-electron chi connectivity index (χ0n) is 13.2. The molecule has 2 rings (SSSR count). The number of thiazole rings is 1. The van der Waals surface area contributed by atoms with Gasteiger partial charge in [0.1, 0.15) is 17.1 Å². The van der Waals surface area contributed by atoms with Gasteiger partial charge in [-0.25, -0.2) is 4.98 Å². The molecule has 2 amide bonds. The largest absolute Gasteiger partial charge is 0.342 e. The summed E-state index contributed by atoms with van der Waals surface area (Å²) in [6.07, 6.45) is 1.73. The number of carbonyl (C=O) groups excluding carboxylic acids is 2. The lowest BCUT2D eigenvalue weighted by Gasteiger charge is -2.44. The molecule has 116 valence electrons. The molecular formula is C15H23N3O2S. The highest BCUT2D eigenvalue weighted by molar-refractivity contribution is 7.09. The Labute approximate surface area is 129 Å². The zero-order valence-corrected chi connectivity index (χ0v) is 14.0. The van der Waals surface area contributed by atoms with Crippen molar-refractivity contribution in [1.29, 1.82) is 0 Å². The van der Waals surface area contributed by atoms with Crippen molar-refractivity contribution in [1.82, 2.24) is 15.2 Å². The van der Waals surface area contributed by atoms with Gasteiger partial charge in [0.25, 0.3) is 0 Å². The molecule has 1 N–H and O–H groups in total. The topological polar surface area (TPSA) is 62.3 Å². The monoisotopic (exact) mass is 309 g/mol. The maximum atomic E-state index is 12.9. The van der Waals surface area contributed by atoms with Crippen molar-refractivity contribution in [3.05, 3.63) is 16.6 Å². The Balaban J connectivity index is 2.39. The summed E-state index contributed by atoms with van der Waals surface area (Å²) in [7, 11) is 0. The number of aromatic nitrogens is 1. The number of hydrogen-bond acceptors (Lipinski definition) is 4. The van der Waals surface area contributed by atoms with E-state index in [0.717, 1.165) is 5.01 Å². The van der Waals surface area contributed by atoms with Crippen molar-refractivity contribution in [3.63, 3.8) is 0 Å². The average molecular weight is 309 g/mol. The molecule has 1 saturated heterocycles. The van der Waals surface area contributed by atoms with Crippen LogP contribution in [-0.2, 0) is 9.59 Å². The van der Waals surface area contributed by atoms with E-state index in [-0.39, 0.29) is 29.7 Å². The van der Waals surface area contributed by atoms with Gasteiger partial charge in [0.05, 0.1) is 6.04 Å². The van der Waals surface area contributed by atoms with E-state index < -0.39 is 12.1 Å². The van der Waals surface area contributed by atoms with Crippen molar-refractivity contribution in [3.8, 4) is 0 Å². The van der Waals surface area contributed by atoms with Crippen LogP contribution in [0.3, 0.4) is 0 Å². The highest BCUT2D eigenvalue weighted by Crippen LogP contribution is 2.31. The SMILES string of the molecule is CC(C)C1NC(=O)C(C(C)C)N(C(C)c2nccs2)C1=O. The van der Waals surface area contributed by atoms with E-state index in [0.29, 0.717) is 0 Å². The highest BCUT2D eigenvalue weighted by Gasteiger charge is 2.45. The Morgan fingerprint density at radius 1 is 1.19 bits per heavy atom. The molecule has 2 heterocycles. The fraction of sp³-hybridized carbons (Fsp3) is 0.667. The number of rotatable bonds is 4. The van der Waals surface area contributed by atoms with E-state index in [4.69, 9.17) is 0 Å². The number of hydrogen-bond donors (Lipinski definition) is 1. The Morgan fingerprint density at radius 2 is 1.86 bits per heavy atom. The molecule has 1 aliphatic rings. The molecule has 21 heavy (non-hydrogen) atoms. The number of piperazine rings is 1. The normalized spacial score (nSPS) is 24.6. The maximum Gasteiger partial charge on any atom is 0.246 e. The summed E-state index contributed by atoms with van der Waals surface area (Å²) in [6, 6.07) is -1.07. The van der Waals surface area contributed by atoms with Crippen molar-refractivity contribution < 1.29 is 9.59 Å². The highest BCUT2D eigenvalue weighted by atomic mass is 32.1. The first-order valence-electron chi connectivity index (χ1n) is 7.36. The van der Waals surface area contributed by atoms with Gasteiger partial charge in [0.15, 0.2) is 0 Å². The maximum absolute atomic E-state index is 12.9. The smallest absolute Gasteiger partial charge is 0.246 e. The van der Waals surface area contributed by atoms with E-state index >= 15 is 0 Å². The lowest BCUT2D eigenvalue weighted by Crippen LogP contribution is -2.66. The van der Waals surface area contributed by atoms with Gasteiger partial charge in [-0.3, -0.25) is 9.59 Å². The summed E-state index contributed by atoms with van der Waals surface area (Å²) < 4.78 is 0. The van der Waals surface area contributed by atoms with Gasteiger partial charge in [0.2, 0.25) is 11.8 Å². The molecule has 0 aromatic carbocycles. The zero-order chi connectivity index (χ0) is 15.7. The predicted molar refractivity (Wildman–Crippen MR) is 82.8 cm³/mol. The molecule has 1 aliphatic heterocycles. The molecular weight excluding hydrogens is 286 g/mol. The number of nitrogens with zero attached hydrogens (tertiary/aromatic N) is 2. The van der Waals surface area contributed by atoms with Crippen molar-refractivity contribution in [2.24, 2.45) is 11.8 Å². The van der Waals surface area contributed by atoms with Crippen LogP contribution in [0.25, 0.3) is 0 Å². The Bertz CT molecular complexity index is 513.